The summed E-state index contributed by atoms with van der Waals surface area (Å²) in [6, 6.07) is 20.2. The number of alkyl halides is 3. The van der Waals surface area contributed by atoms with Gasteiger partial charge in [-0.05, 0) is 41.1 Å². The van der Waals surface area contributed by atoms with Crippen LogP contribution in [0.3, 0.4) is 0 Å². The molecule has 0 aliphatic carbocycles. The Morgan fingerprint density at radius 3 is 2.24 bits per heavy atom. The molecule has 0 saturated carbocycles. The Kier molecular flexibility index (Phi) is 5.92. The summed E-state index contributed by atoms with van der Waals surface area (Å²) in [5.74, 6) is -0.539. The van der Waals surface area contributed by atoms with E-state index in [-0.39, 0.29) is 4.90 Å². The molecule has 3 aromatic carbocycles. The van der Waals surface area contributed by atoms with Crippen molar-refractivity contribution in [2.75, 3.05) is 31.1 Å². The van der Waals surface area contributed by atoms with E-state index in [9.17, 15) is 13.2 Å². The standard InChI is InChI=1S/C24H20Cl3N3O3S/c25-24(26,27)23(31)29-14-12-28(13-15-29)21-6-3-7-22-20(21)10-11-30(22)34(32,33)19-9-8-17-4-1-2-5-18(17)16-19/h1-11,16H,12-15H2. The van der Waals surface area contributed by atoms with Gasteiger partial charge in [-0.2, -0.15) is 0 Å². The van der Waals surface area contributed by atoms with Crippen molar-refractivity contribution in [1.29, 1.82) is 0 Å². The molecule has 1 aromatic heterocycles. The summed E-state index contributed by atoms with van der Waals surface area (Å²) < 4.78 is 26.4. The Hall–Kier alpha value is -2.45. The maximum absolute atomic E-state index is 13.5. The number of anilines is 1. The number of rotatable bonds is 3. The molecule has 1 aliphatic heterocycles. The van der Waals surface area contributed by atoms with Crippen LogP contribution in [0.4, 0.5) is 5.69 Å². The number of hydrogen-bond acceptors (Lipinski definition) is 4. The van der Waals surface area contributed by atoms with Crippen LogP contribution in [0.15, 0.2) is 77.8 Å². The highest BCUT2D eigenvalue weighted by atomic mass is 35.6. The first kappa shape index (κ1) is 23.3. The van der Waals surface area contributed by atoms with E-state index in [0.29, 0.717) is 31.7 Å². The molecule has 1 saturated heterocycles. The van der Waals surface area contributed by atoms with Crippen molar-refractivity contribution in [3.8, 4) is 0 Å². The zero-order valence-electron chi connectivity index (χ0n) is 17.9. The smallest absolute Gasteiger partial charge is 0.274 e. The largest absolute Gasteiger partial charge is 0.367 e. The van der Waals surface area contributed by atoms with Gasteiger partial charge >= 0.3 is 0 Å². The van der Waals surface area contributed by atoms with Crippen LogP contribution in [-0.2, 0) is 14.8 Å². The molecule has 2 heterocycles. The van der Waals surface area contributed by atoms with Gasteiger partial charge in [0.2, 0.25) is 0 Å². The lowest BCUT2D eigenvalue weighted by Gasteiger charge is -2.37. The number of hydrogen-bond donors (Lipinski definition) is 0. The molecular weight excluding hydrogens is 517 g/mol. The lowest BCUT2D eigenvalue weighted by Crippen LogP contribution is -2.51. The van der Waals surface area contributed by atoms with Crippen LogP contribution in [-0.4, -0.2) is 53.2 Å². The minimum atomic E-state index is -3.80. The van der Waals surface area contributed by atoms with E-state index in [0.717, 1.165) is 21.8 Å². The topological polar surface area (TPSA) is 62.6 Å². The summed E-state index contributed by atoms with van der Waals surface area (Å²) in [4.78, 5) is 16.1. The lowest BCUT2D eigenvalue weighted by molar-refractivity contribution is -0.130. The fourth-order valence-corrected chi connectivity index (χ4v) is 6.12. The Balaban J connectivity index is 1.46. The third kappa shape index (κ3) is 4.11. The maximum atomic E-state index is 13.5. The molecule has 0 bridgehead atoms. The highest BCUT2D eigenvalue weighted by Gasteiger charge is 2.36. The van der Waals surface area contributed by atoms with E-state index in [2.05, 4.69) is 4.90 Å². The summed E-state index contributed by atoms with van der Waals surface area (Å²) in [5.41, 5.74) is 1.48. The van der Waals surface area contributed by atoms with Crippen LogP contribution >= 0.6 is 34.8 Å². The van der Waals surface area contributed by atoms with Crippen molar-refractivity contribution in [2.24, 2.45) is 0 Å². The molecule has 0 spiro atoms. The molecule has 0 radical (unpaired) electrons. The second kappa shape index (κ2) is 8.64. The van der Waals surface area contributed by atoms with Crippen molar-refractivity contribution < 1.29 is 13.2 Å². The van der Waals surface area contributed by atoms with E-state index in [1.165, 1.54) is 8.87 Å². The average molecular weight is 537 g/mol. The van der Waals surface area contributed by atoms with E-state index >= 15 is 0 Å². The molecule has 5 rings (SSSR count). The average Bonchev–Trinajstić information content (AvgIpc) is 3.28. The molecule has 10 heteroatoms. The van der Waals surface area contributed by atoms with Gasteiger partial charge in [0.05, 0.1) is 10.4 Å². The Bertz CT molecular complexity index is 1500. The molecular formula is C24H20Cl3N3O3S. The molecule has 34 heavy (non-hydrogen) atoms. The summed E-state index contributed by atoms with van der Waals surface area (Å²) in [5, 5.41) is 2.66. The number of fused-ring (bicyclic) bond motifs is 2. The third-order valence-corrected chi connectivity index (χ3v) is 8.27. The van der Waals surface area contributed by atoms with Gasteiger partial charge in [-0.15, -0.1) is 0 Å². The number of benzene rings is 3. The number of halogens is 3. The van der Waals surface area contributed by atoms with Crippen molar-refractivity contribution >= 4 is 78.1 Å². The number of piperazine rings is 1. The van der Waals surface area contributed by atoms with Crippen LogP contribution in [0, 0.1) is 0 Å². The zero-order chi connectivity index (χ0) is 24.1. The van der Waals surface area contributed by atoms with Gasteiger partial charge in [0, 0.05) is 43.4 Å². The van der Waals surface area contributed by atoms with Gasteiger partial charge in [-0.3, -0.25) is 4.79 Å². The number of carbonyl (C=O) groups is 1. The quantitative estimate of drug-likeness (QED) is 0.344. The van der Waals surface area contributed by atoms with E-state index < -0.39 is 19.7 Å². The predicted octanol–water partition coefficient (Wildman–Crippen LogP) is 5.05. The highest BCUT2D eigenvalue weighted by molar-refractivity contribution is 7.90. The van der Waals surface area contributed by atoms with Crippen LogP contribution in [0.5, 0.6) is 0 Å². The van der Waals surface area contributed by atoms with Crippen LogP contribution < -0.4 is 4.90 Å². The molecule has 0 unspecified atom stereocenters. The summed E-state index contributed by atoms with van der Waals surface area (Å²) in [6.07, 6.45) is 1.58. The molecule has 176 valence electrons. The zero-order valence-corrected chi connectivity index (χ0v) is 20.9. The second-order valence-corrected chi connectivity index (χ2v) is 12.2. The highest BCUT2D eigenvalue weighted by Crippen LogP contribution is 2.33. The van der Waals surface area contributed by atoms with Gasteiger partial charge in [-0.1, -0.05) is 71.2 Å². The van der Waals surface area contributed by atoms with Gasteiger partial charge in [-0.25, -0.2) is 12.4 Å². The van der Waals surface area contributed by atoms with Gasteiger partial charge in [0.15, 0.2) is 0 Å². The van der Waals surface area contributed by atoms with Crippen LogP contribution in [0.2, 0.25) is 0 Å². The Labute approximate surface area is 212 Å². The van der Waals surface area contributed by atoms with Gasteiger partial charge in [0.25, 0.3) is 19.7 Å². The second-order valence-electron chi connectivity index (χ2n) is 8.11. The SMILES string of the molecule is O=C(N1CCN(c2cccc3c2ccn3S(=O)(=O)c2ccc3ccccc3c2)CC1)C(Cl)(Cl)Cl. The molecule has 6 nitrogen and oxygen atoms in total. The van der Waals surface area contributed by atoms with Gasteiger partial charge in [0.1, 0.15) is 0 Å². The van der Waals surface area contributed by atoms with Crippen LogP contribution in [0.25, 0.3) is 21.7 Å². The predicted molar refractivity (Wildman–Crippen MR) is 138 cm³/mol. The van der Waals surface area contributed by atoms with Crippen molar-refractivity contribution in [3.05, 3.63) is 72.9 Å². The molecule has 4 aromatic rings. The number of amides is 1. The summed E-state index contributed by atoms with van der Waals surface area (Å²) in [7, 11) is -3.80. The number of carbonyl (C=O) groups excluding carboxylic acids is 1. The van der Waals surface area contributed by atoms with E-state index in [4.69, 9.17) is 34.8 Å². The first-order valence-electron chi connectivity index (χ1n) is 10.6. The molecule has 1 aliphatic rings. The maximum Gasteiger partial charge on any atom is 0.274 e. The normalized spacial score (nSPS) is 15.3. The molecule has 0 N–H and O–H groups in total. The first-order chi connectivity index (χ1) is 16.2. The monoisotopic (exact) mass is 535 g/mol. The number of aromatic nitrogens is 1. The van der Waals surface area contributed by atoms with Crippen molar-refractivity contribution in [2.45, 2.75) is 8.69 Å². The Morgan fingerprint density at radius 2 is 1.53 bits per heavy atom. The van der Waals surface area contributed by atoms with Crippen LogP contribution in [0.1, 0.15) is 0 Å². The first-order valence-corrected chi connectivity index (χ1v) is 13.2. The van der Waals surface area contributed by atoms with Crippen molar-refractivity contribution in [3.63, 3.8) is 0 Å². The third-order valence-electron chi connectivity index (χ3n) is 6.10. The fraction of sp³-hybridized carbons (Fsp3) is 0.208. The summed E-state index contributed by atoms with van der Waals surface area (Å²) >= 11 is 17.2. The lowest BCUT2D eigenvalue weighted by atomic mass is 10.1. The Morgan fingerprint density at radius 1 is 0.824 bits per heavy atom. The van der Waals surface area contributed by atoms with E-state index in [1.54, 1.807) is 24.4 Å². The molecule has 1 amide bonds. The minimum Gasteiger partial charge on any atom is -0.367 e. The number of nitrogens with zero attached hydrogens (tertiary/aromatic N) is 3. The van der Waals surface area contributed by atoms with Crippen molar-refractivity contribution in [1.82, 2.24) is 8.87 Å². The minimum absolute atomic E-state index is 0.230. The molecule has 1 fully saturated rings. The summed E-state index contributed by atoms with van der Waals surface area (Å²) in [6.45, 7) is 1.88. The van der Waals surface area contributed by atoms with E-state index in [1.807, 2.05) is 48.5 Å². The fourth-order valence-electron chi connectivity index (χ4n) is 4.38. The molecule has 0 atom stereocenters. The van der Waals surface area contributed by atoms with Gasteiger partial charge < -0.3 is 9.80 Å².